The largest absolute Gasteiger partial charge is 0.372 e. The molecule has 1 saturated carbocycles. The number of nitrogens with one attached hydrogen (secondary N) is 1. The van der Waals surface area contributed by atoms with Crippen LogP contribution >= 0.6 is 0 Å². The Bertz CT molecular complexity index is 162. The van der Waals surface area contributed by atoms with Gasteiger partial charge in [0.1, 0.15) is 6.61 Å². The van der Waals surface area contributed by atoms with Gasteiger partial charge < -0.3 is 10.1 Å². The molecule has 4 heteroatoms. The van der Waals surface area contributed by atoms with Crippen molar-refractivity contribution in [1.82, 2.24) is 5.32 Å². The first kappa shape index (κ1) is 11.9. The molecule has 2 nitrogen and oxygen atoms in total. The van der Waals surface area contributed by atoms with Crippen molar-refractivity contribution in [3.8, 4) is 0 Å². The van der Waals surface area contributed by atoms with Crippen LogP contribution in [0.25, 0.3) is 0 Å². The summed E-state index contributed by atoms with van der Waals surface area (Å²) in [6.07, 6.45) is 3.86. The van der Waals surface area contributed by atoms with Crippen LogP contribution in [0.15, 0.2) is 0 Å². The van der Waals surface area contributed by atoms with Crippen LogP contribution in [-0.2, 0) is 4.74 Å². The molecule has 84 valence electrons. The Kier molecular flexibility index (Phi) is 4.26. The fraction of sp³-hybridized carbons (Fsp3) is 1.00. The molecule has 0 unspecified atom stereocenters. The van der Waals surface area contributed by atoms with Crippen LogP contribution in [0.3, 0.4) is 0 Å². The van der Waals surface area contributed by atoms with E-state index in [0.29, 0.717) is 6.04 Å². The van der Waals surface area contributed by atoms with E-state index >= 15 is 0 Å². The van der Waals surface area contributed by atoms with Crippen LogP contribution < -0.4 is 5.32 Å². The average molecular weight is 207 g/mol. The molecular formula is C10H19F2NO. The molecule has 1 aliphatic carbocycles. The van der Waals surface area contributed by atoms with Crippen LogP contribution in [-0.4, -0.2) is 31.7 Å². The molecule has 0 aromatic heterocycles. The van der Waals surface area contributed by atoms with Crippen molar-refractivity contribution in [2.75, 3.05) is 13.7 Å². The smallest absolute Gasteiger partial charge is 0.268 e. The topological polar surface area (TPSA) is 21.3 Å². The first-order chi connectivity index (χ1) is 6.51. The van der Waals surface area contributed by atoms with Gasteiger partial charge >= 0.3 is 0 Å². The molecule has 0 aromatic carbocycles. The zero-order chi connectivity index (χ0) is 10.6. The maximum Gasteiger partial charge on any atom is 0.268 e. The van der Waals surface area contributed by atoms with Crippen molar-refractivity contribution < 1.29 is 13.5 Å². The lowest BCUT2D eigenvalue weighted by Gasteiger charge is -2.28. The molecule has 14 heavy (non-hydrogen) atoms. The number of ether oxygens (including phenoxy) is 1. The minimum atomic E-state index is -2.69. The fourth-order valence-electron chi connectivity index (χ4n) is 1.78. The van der Waals surface area contributed by atoms with E-state index in [-0.39, 0.29) is 6.10 Å². The Balaban J connectivity index is 2.16. The van der Waals surface area contributed by atoms with E-state index < -0.39 is 12.5 Å². The average Bonchev–Trinajstić information content (AvgIpc) is 2.14. The van der Waals surface area contributed by atoms with Gasteiger partial charge in [0.2, 0.25) is 0 Å². The molecule has 0 spiro atoms. The lowest BCUT2D eigenvalue weighted by Crippen LogP contribution is -2.34. The summed E-state index contributed by atoms with van der Waals surface area (Å²) < 4.78 is 30.1. The highest BCUT2D eigenvalue weighted by Crippen LogP contribution is 2.23. The second kappa shape index (κ2) is 5.03. The van der Waals surface area contributed by atoms with E-state index in [2.05, 4.69) is 5.32 Å². The number of hydrogen-bond acceptors (Lipinski definition) is 2. The van der Waals surface area contributed by atoms with E-state index in [4.69, 9.17) is 4.74 Å². The van der Waals surface area contributed by atoms with Crippen molar-refractivity contribution in [2.24, 2.45) is 0 Å². The highest BCUT2D eigenvalue weighted by Gasteiger charge is 2.26. The second-order valence-electron chi connectivity index (χ2n) is 4.14. The Morgan fingerprint density at radius 2 is 1.86 bits per heavy atom. The minimum Gasteiger partial charge on any atom is -0.372 e. The Hall–Kier alpha value is -0.220. The molecule has 0 saturated heterocycles. The number of rotatable bonds is 4. The van der Waals surface area contributed by atoms with Crippen molar-refractivity contribution in [2.45, 2.75) is 50.7 Å². The van der Waals surface area contributed by atoms with Gasteiger partial charge in [-0.2, -0.15) is 0 Å². The van der Waals surface area contributed by atoms with Crippen LogP contribution in [0.4, 0.5) is 8.78 Å². The molecule has 1 aliphatic rings. The molecule has 0 bridgehead atoms. The third kappa shape index (κ3) is 4.33. The van der Waals surface area contributed by atoms with Crippen LogP contribution in [0.2, 0.25) is 0 Å². The zero-order valence-corrected chi connectivity index (χ0v) is 8.85. The predicted molar refractivity (Wildman–Crippen MR) is 51.7 cm³/mol. The molecule has 1 N–H and O–H groups in total. The first-order valence-corrected chi connectivity index (χ1v) is 5.18. The van der Waals surface area contributed by atoms with Gasteiger partial charge in [0.15, 0.2) is 0 Å². The number of hydrogen-bond donors (Lipinski definition) is 1. The maximum atomic E-state index is 12.5. The SMILES string of the molecule is CNC1CCC(OCC(C)(F)F)CC1. The second-order valence-corrected chi connectivity index (χ2v) is 4.14. The van der Waals surface area contributed by atoms with Gasteiger partial charge in [0, 0.05) is 13.0 Å². The molecule has 1 rings (SSSR count). The number of halogens is 2. The van der Waals surface area contributed by atoms with Gasteiger partial charge in [-0.1, -0.05) is 0 Å². The van der Waals surface area contributed by atoms with E-state index in [0.717, 1.165) is 32.6 Å². The predicted octanol–water partition coefficient (Wildman–Crippen LogP) is 2.19. The molecular weight excluding hydrogens is 188 g/mol. The summed E-state index contributed by atoms with van der Waals surface area (Å²) in [6.45, 7) is 0.452. The van der Waals surface area contributed by atoms with Crippen molar-refractivity contribution in [3.63, 3.8) is 0 Å². The molecule has 1 fully saturated rings. The Labute approximate surface area is 84.0 Å². The highest BCUT2D eigenvalue weighted by atomic mass is 19.3. The Morgan fingerprint density at radius 3 is 2.29 bits per heavy atom. The first-order valence-electron chi connectivity index (χ1n) is 5.18. The lowest BCUT2D eigenvalue weighted by atomic mass is 9.93. The highest BCUT2D eigenvalue weighted by molar-refractivity contribution is 4.76. The molecule has 0 amide bonds. The van der Waals surface area contributed by atoms with Gasteiger partial charge in [-0.3, -0.25) is 0 Å². The van der Waals surface area contributed by atoms with E-state index in [1.807, 2.05) is 7.05 Å². The summed E-state index contributed by atoms with van der Waals surface area (Å²) in [6, 6.07) is 0.539. The number of alkyl halides is 2. The van der Waals surface area contributed by atoms with E-state index in [9.17, 15) is 8.78 Å². The van der Waals surface area contributed by atoms with Crippen molar-refractivity contribution >= 4 is 0 Å². The minimum absolute atomic E-state index is 0.0328. The van der Waals surface area contributed by atoms with Gasteiger partial charge in [-0.25, -0.2) is 8.78 Å². The maximum absolute atomic E-state index is 12.5. The summed E-state index contributed by atoms with van der Waals surface area (Å²) in [4.78, 5) is 0. The molecule has 0 radical (unpaired) electrons. The van der Waals surface area contributed by atoms with Crippen LogP contribution in [0.1, 0.15) is 32.6 Å². The van der Waals surface area contributed by atoms with Gasteiger partial charge in [0.05, 0.1) is 6.10 Å². The normalized spacial score (nSPS) is 29.1. The van der Waals surface area contributed by atoms with Gasteiger partial charge in [-0.15, -0.1) is 0 Å². The summed E-state index contributed by atoms with van der Waals surface area (Å²) in [5.41, 5.74) is 0. The van der Waals surface area contributed by atoms with Gasteiger partial charge in [-0.05, 0) is 32.7 Å². The van der Waals surface area contributed by atoms with Crippen LogP contribution in [0, 0.1) is 0 Å². The Morgan fingerprint density at radius 1 is 1.29 bits per heavy atom. The van der Waals surface area contributed by atoms with Crippen molar-refractivity contribution in [3.05, 3.63) is 0 Å². The molecule has 0 atom stereocenters. The summed E-state index contributed by atoms with van der Waals surface area (Å²) in [5.74, 6) is -2.69. The van der Waals surface area contributed by atoms with E-state index in [1.54, 1.807) is 0 Å². The third-order valence-electron chi connectivity index (χ3n) is 2.65. The molecule has 0 aliphatic heterocycles. The third-order valence-corrected chi connectivity index (χ3v) is 2.65. The van der Waals surface area contributed by atoms with E-state index in [1.165, 1.54) is 0 Å². The fourth-order valence-corrected chi connectivity index (χ4v) is 1.78. The zero-order valence-electron chi connectivity index (χ0n) is 8.85. The van der Waals surface area contributed by atoms with Gasteiger partial charge in [0.25, 0.3) is 5.92 Å². The standard InChI is InChI=1S/C10H19F2NO/c1-10(11,12)7-14-9-5-3-8(13-2)4-6-9/h8-9,13H,3-7H2,1-2H3. The van der Waals surface area contributed by atoms with Crippen LogP contribution in [0.5, 0.6) is 0 Å². The monoisotopic (exact) mass is 207 g/mol. The quantitative estimate of drug-likeness (QED) is 0.763. The van der Waals surface area contributed by atoms with Crippen molar-refractivity contribution in [1.29, 1.82) is 0 Å². The summed E-state index contributed by atoms with van der Waals surface area (Å²) >= 11 is 0. The summed E-state index contributed by atoms with van der Waals surface area (Å²) in [7, 11) is 1.94. The molecule has 0 heterocycles. The molecule has 0 aromatic rings. The summed E-state index contributed by atoms with van der Waals surface area (Å²) in [5, 5.41) is 3.19. The lowest BCUT2D eigenvalue weighted by molar-refractivity contribution is -0.0951.